The van der Waals surface area contributed by atoms with Crippen LogP contribution in [0.1, 0.15) is 12.6 Å². The Kier molecular flexibility index (Phi) is 6.06. The zero-order valence-corrected chi connectivity index (χ0v) is 18.8. The van der Waals surface area contributed by atoms with E-state index in [0.29, 0.717) is 60.5 Å². The lowest BCUT2D eigenvalue weighted by Gasteiger charge is -2.36. The van der Waals surface area contributed by atoms with Gasteiger partial charge in [-0.25, -0.2) is 8.42 Å². The molecule has 2 aromatic rings. The van der Waals surface area contributed by atoms with Crippen LogP contribution in [0.3, 0.4) is 0 Å². The van der Waals surface area contributed by atoms with Crippen LogP contribution in [0.2, 0.25) is 0 Å². The van der Waals surface area contributed by atoms with Crippen molar-refractivity contribution in [3.8, 4) is 11.5 Å². The van der Waals surface area contributed by atoms with E-state index in [1.54, 1.807) is 32.0 Å². The third kappa shape index (κ3) is 4.47. The van der Waals surface area contributed by atoms with Crippen LogP contribution in [-0.4, -0.2) is 73.9 Å². The molecule has 0 unspecified atom stereocenters. The Labute approximate surface area is 183 Å². The van der Waals surface area contributed by atoms with E-state index in [2.05, 4.69) is 10.3 Å². The van der Waals surface area contributed by atoms with Gasteiger partial charge >= 0.3 is 4.87 Å². The second-order valence-corrected chi connectivity index (χ2v) is 10.5. The fourth-order valence-corrected chi connectivity index (χ4v) is 6.48. The molecule has 31 heavy (non-hydrogen) atoms. The molecule has 168 valence electrons. The molecule has 0 radical (unpaired) electrons. The molecule has 2 N–H and O–H groups in total. The molecule has 1 fully saturated rings. The van der Waals surface area contributed by atoms with Crippen LogP contribution in [-0.2, 0) is 14.8 Å². The number of carbonyl (C=O) groups excluding carboxylic acids is 1. The Morgan fingerprint density at radius 3 is 2.48 bits per heavy atom. The van der Waals surface area contributed by atoms with Gasteiger partial charge in [-0.15, -0.1) is 0 Å². The summed E-state index contributed by atoms with van der Waals surface area (Å²) in [6.45, 7) is 5.64. The number of fused-ring (bicyclic) bond motifs is 1. The maximum absolute atomic E-state index is 12.8. The molecule has 0 aliphatic carbocycles. The molecule has 1 saturated heterocycles. The molecule has 1 aromatic heterocycles. The van der Waals surface area contributed by atoms with E-state index in [-0.39, 0.29) is 28.1 Å². The lowest BCUT2D eigenvalue weighted by molar-refractivity contribution is -0.121. The zero-order chi connectivity index (χ0) is 22.2. The molecule has 4 rings (SSSR count). The normalized spacial score (nSPS) is 18.5. The van der Waals surface area contributed by atoms with Gasteiger partial charge in [0.2, 0.25) is 5.91 Å². The molecule has 2 aliphatic heterocycles. The number of hydrogen-bond acceptors (Lipinski definition) is 8. The van der Waals surface area contributed by atoms with Gasteiger partial charge in [0.1, 0.15) is 13.2 Å². The summed E-state index contributed by atoms with van der Waals surface area (Å²) >= 11 is 0.700. The summed E-state index contributed by atoms with van der Waals surface area (Å²) in [6.07, 6.45) is 0. The minimum Gasteiger partial charge on any atom is -0.486 e. The second kappa shape index (κ2) is 8.61. The quantitative estimate of drug-likeness (QED) is 0.667. The third-order valence-corrected chi connectivity index (χ3v) is 8.85. The Bertz CT molecular complexity index is 1130. The van der Waals surface area contributed by atoms with Crippen LogP contribution >= 0.6 is 11.3 Å². The second-order valence-electron chi connectivity index (χ2n) is 7.39. The molecule has 12 heteroatoms. The number of aromatic amines is 1. The first-order valence-corrected chi connectivity index (χ1v) is 12.2. The minimum atomic E-state index is -3.73. The maximum atomic E-state index is 12.8. The van der Waals surface area contributed by atoms with Gasteiger partial charge in [0.15, 0.2) is 15.7 Å². The van der Waals surface area contributed by atoms with E-state index in [1.807, 2.05) is 4.90 Å². The largest absolute Gasteiger partial charge is 0.486 e. The first kappa shape index (κ1) is 21.8. The van der Waals surface area contributed by atoms with E-state index < -0.39 is 16.1 Å². The molecule has 1 aromatic carbocycles. The van der Waals surface area contributed by atoms with E-state index >= 15 is 0 Å². The fourth-order valence-electron chi connectivity index (χ4n) is 3.62. The van der Waals surface area contributed by atoms with E-state index in [4.69, 9.17) is 9.47 Å². The maximum Gasteiger partial charge on any atom is 0.305 e. The molecule has 3 heterocycles. The van der Waals surface area contributed by atoms with Crippen LogP contribution < -0.4 is 19.7 Å². The summed E-state index contributed by atoms with van der Waals surface area (Å²) in [5, 5.41) is 2.88. The molecular formula is C19H24N4O6S2. The Hall–Kier alpha value is -2.41. The van der Waals surface area contributed by atoms with Gasteiger partial charge in [-0.1, -0.05) is 11.3 Å². The van der Waals surface area contributed by atoms with Crippen LogP contribution in [0.25, 0.3) is 0 Å². The number of hydrogen-bond donors (Lipinski definition) is 2. The number of thiazole rings is 1. The summed E-state index contributed by atoms with van der Waals surface area (Å²) in [7, 11) is -3.73. The number of carbonyl (C=O) groups is 1. The summed E-state index contributed by atoms with van der Waals surface area (Å²) < 4.78 is 38.1. The highest BCUT2D eigenvalue weighted by Crippen LogP contribution is 2.32. The van der Waals surface area contributed by atoms with Crippen LogP contribution in [0.5, 0.6) is 11.5 Å². The van der Waals surface area contributed by atoms with E-state index in [1.165, 1.54) is 4.31 Å². The number of nitrogens with zero attached hydrogens (tertiary/aromatic N) is 2. The summed E-state index contributed by atoms with van der Waals surface area (Å²) in [6, 6.07) is 4.81. The van der Waals surface area contributed by atoms with Gasteiger partial charge in [0, 0.05) is 43.6 Å². The van der Waals surface area contributed by atoms with Crippen molar-refractivity contribution in [1.82, 2.24) is 14.2 Å². The number of anilines is 1. The van der Waals surface area contributed by atoms with Gasteiger partial charge < -0.3 is 19.8 Å². The highest BCUT2D eigenvalue weighted by Gasteiger charge is 2.34. The molecule has 10 nitrogen and oxygen atoms in total. The summed E-state index contributed by atoms with van der Waals surface area (Å²) in [4.78, 5) is 28.3. The fraction of sp³-hybridized carbons (Fsp3) is 0.474. The predicted molar refractivity (Wildman–Crippen MR) is 116 cm³/mol. The van der Waals surface area contributed by atoms with Crippen molar-refractivity contribution in [1.29, 1.82) is 0 Å². The number of benzene rings is 1. The van der Waals surface area contributed by atoms with Gasteiger partial charge in [0.05, 0.1) is 6.04 Å². The number of nitrogens with one attached hydrogen (secondary N) is 2. The summed E-state index contributed by atoms with van der Waals surface area (Å²) in [5.41, 5.74) is 0.963. The van der Waals surface area contributed by atoms with Gasteiger partial charge in [-0.05, 0) is 26.0 Å². The first-order valence-electron chi connectivity index (χ1n) is 9.90. The number of H-pyrrole nitrogens is 1. The summed E-state index contributed by atoms with van der Waals surface area (Å²) in [5.74, 6) is 1.06. The lowest BCUT2D eigenvalue weighted by atomic mass is 10.2. The zero-order valence-electron chi connectivity index (χ0n) is 17.2. The van der Waals surface area contributed by atoms with Crippen molar-refractivity contribution in [2.75, 3.05) is 44.7 Å². The number of piperazine rings is 1. The molecule has 0 saturated carbocycles. The van der Waals surface area contributed by atoms with Crippen molar-refractivity contribution in [2.45, 2.75) is 24.1 Å². The van der Waals surface area contributed by atoms with Crippen molar-refractivity contribution < 1.29 is 22.7 Å². The van der Waals surface area contributed by atoms with Gasteiger partial charge in [-0.2, -0.15) is 4.31 Å². The van der Waals surface area contributed by atoms with Crippen molar-refractivity contribution in [3.05, 3.63) is 33.6 Å². The molecular weight excluding hydrogens is 444 g/mol. The Morgan fingerprint density at radius 1 is 1.16 bits per heavy atom. The molecule has 0 spiro atoms. The number of rotatable bonds is 5. The van der Waals surface area contributed by atoms with Crippen LogP contribution in [0, 0.1) is 6.92 Å². The van der Waals surface area contributed by atoms with Gasteiger partial charge in [0.25, 0.3) is 10.0 Å². The average Bonchev–Trinajstić information content (AvgIpc) is 3.12. The van der Waals surface area contributed by atoms with Gasteiger partial charge in [-0.3, -0.25) is 14.5 Å². The first-order chi connectivity index (χ1) is 14.8. The molecule has 2 aliphatic rings. The molecule has 1 atom stereocenters. The standard InChI is InChI=1S/C19H24N4O6S2/c1-12-18(30-19(25)20-12)31(26,27)23-7-5-22(6-8-23)13(2)17(24)21-14-3-4-15-16(11-14)29-10-9-28-15/h3-4,11,13H,5-10H2,1-2H3,(H,20,25)(H,21,24)/t13-/m0/s1. The monoisotopic (exact) mass is 468 g/mol. The topological polar surface area (TPSA) is 121 Å². The minimum absolute atomic E-state index is 0.0512. The highest BCUT2D eigenvalue weighted by atomic mass is 32.2. The number of aryl methyl sites for hydroxylation is 1. The lowest BCUT2D eigenvalue weighted by Crippen LogP contribution is -2.53. The molecule has 0 bridgehead atoms. The van der Waals surface area contributed by atoms with Crippen LogP contribution in [0.15, 0.2) is 27.2 Å². The predicted octanol–water partition coefficient (Wildman–Crippen LogP) is 0.850. The number of ether oxygens (including phenoxy) is 2. The van der Waals surface area contributed by atoms with Crippen molar-refractivity contribution >= 4 is 33.0 Å². The smallest absolute Gasteiger partial charge is 0.305 e. The van der Waals surface area contributed by atoms with E-state index in [9.17, 15) is 18.0 Å². The highest BCUT2D eigenvalue weighted by molar-refractivity contribution is 7.91. The Balaban J connectivity index is 1.36. The van der Waals surface area contributed by atoms with Crippen LogP contribution in [0.4, 0.5) is 5.69 Å². The SMILES string of the molecule is Cc1[nH]c(=O)sc1S(=O)(=O)N1CCN([C@@H](C)C(=O)Nc2ccc3c(c2)OCCO3)CC1. The van der Waals surface area contributed by atoms with Crippen molar-refractivity contribution in [2.24, 2.45) is 0 Å². The molecule has 1 amide bonds. The third-order valence-electron chi connectivity index (χ3n) is 5.37. The number of aromatic nitrogens is 1. The van der Waals surface area contributed by atoms with E-state index in [0.717, 1.165) is 0 Å². The number of sulfonamides is 1. The average molecular weight is 469 g/mol. The number of amides is 1. The Morgan fingerprint density at radius 2 is 1.84 bits per heavy atom. The van der Waals surface area contributed by atoms with Crippen molar-refractivity contribution in [3.63, 3.8) is 0 Å².